The lowest BCUT2D eigenvalue weighted by atomic mass is 10.2. The highest BCUT2D eigenvalue weighted by Gasteiger charge is 1.99. The normalized spacial score (nSPS) is 9.69. The second kappa shape index (κ2) is 6.12. The Morgan fingerprint density at radius 3 is 2.38 bits per heavy atom. The van der Waals surface area contributed by atoms with Crippen molar-refractivity contribution in [2.75, 3.05) is 0 Å². The maximum absolute atomic E-state index is 5.07. The van der Waals surface area contributed by atoms with E-state index in [0.717, 1.165) is 11.3 Å². The van der Waals surface area contributed by atoms with Crippen LogP contribution in [0.5, 0.6) is 0 Å². The minimum Gasteiger partial charge on any atom is -0.359 e. The second-order valence-corrected chi connectivity index (χ2v) is 4.13. The second-order valence-electron chi connectivity index (χ2n) is 3.72. The summed E-state index contributed by atoms with van der Waals surface area (Å²) in [7, 11) is 0. The molecule has 0 fully saturated rings. The molecule has 16 heavy (non-hydrogen) atoms. The molecule has 0 saturated heterocycles. The zero-order chi connectivity index (χ0) is 12.0. The molecule has 0 aliphatic carbocycles. The summed E-state index contributed by atoms with van der Waals surface area (Å²) in [5.74, 6) is 0. The first-order chi connectivity index (χ1) is 7.59. The smallest absolute Gasteiger partial charge is 0.185 e. The van der Waals surface area contributed by atoms with Gasteiger partial charge in [-0.15, -0.1) is 0 Å². The van der Waals surface area contributed by atoms with Gasteiger partial charge in [0.1, 0.15) is 0 Å². The van der Waals surface area contributed by atoms with E-state index in [2.05, 4.69) is 22.7 Å². The SMILES string of the molecule is C=C(NNC(=S)NC(C)C)c1ccccc1. The van der Waals surface area contributed by atoms with Crippen LogP contribution in [-0.4, -0.2) is 11.2 Å². The number of rotatable bonds is 4. The summed E-state index contributed by atoms with van der Waals surface area (Å²) >= 11 is 5.07. The van der Waals surface area contributed by atoms with Gasteiger partial charge in [0.05, 0.1) is 5.70 Å². The zero-order valence-corrected chi connectivity index (χ0v) is 10.4. The highest BCUT2D eigenvalue weighted by atomic mass is 32.1. The largest absolute Gasteiger partial charge is 0.359 e. The lowest BCUT2D eigenvalue weighted by molar-refractivity contribution is 0.700. The third kappa shape index (κ3) is 4.31. The minimum absolute atomic E-state index is 0.312. The lowest BCUT2D eigenvalue weighted by Crippen LogP contribution is -2.45. The first-order valence-corrected chi connectivity index (χ1v) is 5.57. The molecule has 0 atom stereocenters. The minimum atomic E-state index is 0.312. The third-order valence-electron chi connectivity index (χ3n) is 1.87. The molecule has 1 aromatic carbocycles. The summed E-state index contributed by atoms with van der Waals surface area (Å²) in [6.45, 7) is 7.97. The van der Waals surface area contributed by atoms with E-state index in [1.807, 2.05) is 44.2 Å². The quantitative estimate of drug-likeness (QED) is 0.551. The van der Waals surface area contributed by atoms with E-state index in [4.69, 9.17) is 12.2 Å². The molecule has 0 spiro atoms. The summed E-state index contributed by atoms with van der Waals surface area (Å²) in [5.41, 5.74) is 7.65. The molecule has 0 bridgehead atoms. The van der Waals surface area contributed by atoms with E-state index in [0.29, 0.717) is 11.2 Å². The predicted molar refractivity (Wildman–Crippen MR) is 72.6 cm³/mol. The van der Waals surface area contributed by atoms with Gasteiger partial charge in [0.2, 0.25) is 0 Å². The highest BCUT2D eigenvalue weighted by molar-refractivity contribution is 7.80. The van der Waals surface area contributed by atoms with Crippen molar-refractivity contribution in [3.8, 4) is 0 Å². The van der Waals surface area contributed by atoms with Crippen LogP contribution in [0.25, 0.3) is 5.70 Å². The third-order valence-corrected chi connectivity index (χ3v) is 2.09. The van der Waals surface area contributed by atoms with Crippen LogP contribution in [0.1, 0.15) is 19.4 Å². The van der Waals surface area contributed by atoms with Crippen LogP contribution in [0.3, 0.4) is 0 Å². The van der Waals surface area contributed by atoms with Crippen LogP contribution in [0.2, 0.25) is 0 Å². The first-order valence-electron chi connectivity index (χ1n) is 5.16. The molecule has 0 amide bonds. The molecule has 86 valence electrons. The van der Waals surface area contributed by atoms with Crippen molar-refractivity contribution in [1.82, 2.24) is 16.2 Å². The van der Waals surface area contributed by atoms with Gasteiger partial charge in [0.25, 0.3) is 0 Å². The molecule has 0 heterocycles. The Balaban J connectivity index is 2.39. The Morgan fingerprint density at radius 2 is 1.81 bits per heavy atom. The van der Waals surface area contributed by atoms with Crippen molar-refractivity contribution in [2.24, 2.45) is 0 Å². The van der Waals surface area contributed by atoms with Crippen LogP contribution in [0, 0.1) is 0 Å². The lowest BCUT2D eigenvalue weighted by Gasteiger charge is -2.15. The van der Waals surface area contributed by atoms with E-state index in [1.165, 1.54) is 0 Å². The Kier molecular flexibility index (Phi) is 4.79. The Morgan fingerprint density at radius 1 is 1.19 bits per heavy atom. The van der Waals surface area contributed by atoms with Gasteiger partial charge in [-0.25, -0.2) is 0 Å². The van der Waals surface area contributed by atoms with E-state index in [1.54, 1.807) is 0 Å². The van der Waals surface area contributed by atoms with E-state index < -0.39 is 0 Å². The van der Waals surface area contributed by atoms with Crippen molar-refractivity contribution in [3.63, 3.8) is 0 Å². The highest BCUT2D eigenvalue weighted by Crippen LogP contribution is 2.06. The monoisotopic (exact) mass is 235 g/mol. The zero-order valence-electron chi connectivity index (χ0n) is 9.58. The van der Waals surface area contributed by atoms with Crippen molar-refractivity contribution in [1.29, 1.82) is 0 Å². The maximum atomic E-state index is 5.07. The summed E-state index contributed by atoms with van der Waals surface area (Å²) in [5, 5.41) is 3.63. The number of benzene rings is 1. The van der Waals surface area contributed by atoms with E-state index >= 15 is 0 Å². The Hall–Kier alpha value is -1.55. The molecule has 0 radical (unpaired) electrons. The van der Waals surface area contributed by atoms with Crippen molar-refractivity contribution < 1.29 is 0 Å². The number of hydrogen-bond donors (Lipinski definition) is 3. The summed E-state index contributed by atoms with van der Waals surface area (Å²) < 4.78 is 0. The number of thiocarbonyl (C=S) groups is 1. The maximum Gasteiger partial charge on any atom is 0.185 e. The topological polar surface area (TPSA) is 36.1 Å². The molecule has 0 aromatic heterocycles. The van der Waals surface area contributed by atoms with Gasteiger partial charge in [0, 0.05) is 6.04 Å². The van der Waals surface area contributed by atoms with Crippen LogP contribution in [0.4, 0.5) is 0 Å². The Labute approximate surface area is 102 Å². The average molecular weight is 235 g/mol. The molecule has 0 saturated carbocycles. The fourth-order valence-electron chi connectivity index (χ4n) is 1.14. The summed E-state index contributed by atoms with van der Waals surface area (Å²) in [6.07, 6.45) is 0. The Bertz CT molecular complexity index is 360. The molecule has 0 aliphatic rings. The molecule has 4 heteroatoms. The molecular formula is C12H17N3S. The van der Waals surface area contributed by atoms with Gasteiger partial charge in [0.15, 0.2) is 5.11 Å². The standard InChI is InChI=1S/C12H17N3S/c1-9(2)13-12(16)15-14-10(3)11-7-5-4-6-8-11/h4-9,14H,3H2,1-2H3,(H2,13,15,16). The molecule has 1 aromatic rings. The predicted octanol–water partition coefficient (Wildman–Crippen LogP) is 2.03. The molecule has 0 aliphatic heterocycles. The fraction of sp³-hybridized carbons (Fsp3) is 0.250. The van der Waals surface area contributed by atoms with E-state index in [-0.39, 0.29) is 0 Å². The first kappa shape index (κ1) is 12.5. The van der Waals surface area contributed by atoms with Crippen LogP contribution in [0.15, 0.2) is 36.9 Å². The van der Waals surface area contributed by atoms with Crippen molar-refractivity contribution >= 4 is 23.0 Å². The number of hydrogen-bond acceptors (Lipinski definition) is 2. The number of hydrazine groups is 1. The van der Waals surface area contributed by atoms with Gasteiger partial charge in [-0.05, 0) is 31.6 Å². The molecule has 3 N–H and O–H groups in total. The fourth-order valence-corrected chi connectivity index (χ4v) is 1.43. The number of nitrogens with one attached hydrogen (secondary N) is 3. The molecular weight excluding hydrogens is 218 g/mol. The van der Waals surface area contributed by atoms with E-state index in [9.17, 15) is 0 Å². The average Bonchev–Trinajstić information content (AvgIpc) is 2.26. The van der Waals surface area contributed by atoms with Crippen LogP contribution < -0.4 is 16.2 Å². The summed E-state index contributed by atoms with van der Waals surface area (Å²) in [4.78, 5) is 0. The van der Waals surface area contributed by atoms with Gasteiger partial charge < -0.3 is 5.32 Å². The molecule has 0 unspecified atom stereocenters. The molecule has 3 nitrogen and oxygen atoms in total. The van der Waals surface area contributed by atoms with Gasteiger partial charge in [-0.1, -0.05) is 36.9 Å². The van der Waals surface area contributed by atoms with Crippen LogP contribution in [-0.2, 0) is 0 Å². The molecule has 1 rings (SSSR count). The van der Waals surface area contributed by atoms with Crippen LogP contribution >= 0.6 is 12.2 Å². The van der Waals surface area contributed by atoms with Gasteiger partial charge >= 0.3 is 0 Å². The van der Waals surface area contributed by atoms with Crippen molar-refractivity contribution in [3.05, 3.63) is 42.5 Å². The van der Waals surface area contributed by atoms with Crippen molar-refractivity contribution in [2.45, 2.75) is 19.9 Å². The summed E-state index contributed by atoms with van der Waals surface area (Å²) in [6, 6.07) is 10.2. The van der Waals surface area contributed by atoms with Gasteiger partial charge in [-0.3, -0.25) is 10.9 Å². The van der Waals surface area contributed by atoms with Gasteiger partial charge in [-0.2, -0.15) is 0 Å².